The molecule has 3 nitrogen and oxygen atoms in total. The second-order valence-electron chi connectivity index (χ2n) is 3.58. The third-order valence-electron chi connectivity index (χ3n) is 2.86. The molecule has 1 aromatic carbocycles. The van der Waals surface area contributed by atoms with E-state index < -0.39 is 0 Å². The number of hydrogen-bond acceptors (Lipinski definition) is 3. The van der Waals surface area contributed by atoms with Crippen molar-refractivity contribution in [2.24, 2.45) is 0 Å². The van der Waals surface area contributed by atoms with Crippen LogP contribution < -0.4 is 9.47 Å². The fourth-order valence-corrected chi connectivity index (χ4v) is 1.77. The Morgan fingerprint density at radius 1 is 0.867 bits per heavy atom. The molecule has 0 atom stereocenters. The van der Waals surface area contributed by atoms with Crippen molar-refractivity contribution in [3.05, 3.63) is 22.3 Å². The van der Waals surface area contributed by atoms with Crippen molar-refractivity contribution in [2.75, 3.05) is 7.11 Å². The lowest BCUT2D eigenvalue weighted by Crippen LogP contribution is -2.02. The molecule has 3 heteroatoms. The molecule has 1 aromatic rings. The summed E-state index contributed by atoms with van der Waals surface area (Å²) in [5.41, 5.74) is 3.92. The maximum atomic E-state index is 10.4. The largest absolute Gasteiger partial charge is 0.496 e. The van der Waals surface area contributed by atoms with Crippen molar-refractivity contribution in [3.8, 4) is 11.5 Å². The Bertz CT molecular complexity index is 365. The lowest BCUT2D eigenvalue weighted by molar-refractivity contribution is -0.120. The van der Waals surface area contributed by atoms with E-state index in [0.717, 1.165) is 28.0 Å². The zero-order valence-electron chi connectivity index (χ0n) is 9.80. The molecule has 0 aromatic heterocycles. The van der Waals surface area contributed by atoms with Crippen molar-refractivity contribution in [1.82, 2.24) is 0 Å². The maximum Gasteiger partial charge on any atom is 0.298 e. The summed E-state index contributed by atoms with van der Waals surface area (Å²) in [6.07, 6.45) is 0. The molecule has 0 aliphatic carbocycles. The molecule has 1 rings (SSSR count). The standard InChI is InChI=1S/C12H16O3/c1-7-9(3)12(15-6-13)10(4)8(2)11(7)14-5/h6H,1-5H3. The Balaban J connectivity index is 3.50. The van der Waals surface area contributed by atoms with Gasteiger partial charge in [0.05, 0.1) is 7.11 Å². The Hall–Kier alpha value is -1.51. The molecule has 0 saturated carbocycles. The minimum Gasteiger partial charge on any atom is -0.496 e. The molecule has 0 saturated heterocycles. The summed E-state index contributed by atoms with van der Waals surface area (Å²) in [6.45, 7) is 8.21. The summed E-state index contributed by atoms with van der Waals surface area (Å²) >= 11 is 0. The molecule has 0 aliphatic rings. The number of methoxy groups -OCH3 is 1. The van der Waals surface area contributed by atoms with Gasteiger partial charge in [-0.2, -0.15) is 0 Å². The molecule has 15 heavy (non-hydrogen) atoms. The fraction of sp³-hybridized carbons (Fsp3) is 0.417. The van der Waals surface area contributed by atoms with Gasteiger partial charge in [-0.15, -0.1) is 0 Å². The normalized spacial score (nSPS) is 9.93. The highest BCUT2D eigenvalue weighted by atomic mass is 16.5. The molecule has 0 fully saturated rings. The minimum atomic E-state index is 0.459. The van der Waals surface area contributed by atoms with Gasteiger partial charge in [0, 0.05) is 0 Å². The van der Waals surface area contributed by atoms with Crippen LogP contribution in [0.5, 0.6) is 11.5 Å². The van der Waals surface area contributed by atoms with Gasteiger partial charge in [0.25, 0.3) is 6.47 Å². The van der Waals surface area contributed by atoms with Gasteiger partial charge < -0.3 is 9.47 Å². The van der Waals surface area contributed by atoms with E-state index in [1.54, 1.807) is 7.11 Å². The number of hydrogen-bond donors (Lipinski definition) is 0. The van der Waals surface area contributed by atoms with E-state index in [-0.39, 0.29) is 0 Å². The minimum absolute atomic E-state index is 0.459. The van der Waals surface area contributed by atoms with Gasteiger partial charge in [0.1, 0.15) is 11.5 Å². The number of carbonyl (C=O) groups is 1. The first kappa shape index (κ1) is 11.6. The first-order valence-electron chi connectivity index (χ1n) is 4.79. The molecule has 0 amide bonds. The molecular weight excluding hydrogens is 192 g/mol. The number of carbonyl (C=O) groups excluding carboxylic acids is 1. The predicted octanol–water partition coefficient (Wildman–Crippen LogP) is 2.46. The highest BCUT2D eigenvalue weighted by Crippen LogP contribution is 2.36. The molecule has 0 spiro atoms. The predicted molar refractivity (Wildman–Crippen MR) is 58.6 cm³/mol. The molecular formula is C12H16O3. The van der Waals surface area contributed by atoms with Crippen LogP contribution in [0.3, 0.4) is 0 Å². The highest BCUT2D eigenvalue weighted by molar-refractivity contribution is 5.60. The monoisotopic (exact) mass is 208 g/mol. The first-order valence-corrected chi connectivity index (χ1v) is 4.79. The van der Waals surface area contributed by atoms with Crippen LogP contribution in [0.4, 0.5) is 0 Å². The highest BCUT2D eigenvalue weighted by Gasteiger charge is 2.15. The van der Waals surface area contributed by atoms with E-state index in [4.69, 9.17) is 9.47 Å². The smallest absolute Gasteiger partial charge is 0.298 e. The van der Waals surface area contributed by atoms with Crippen LogP contribution in [-0.4, -0.2) is 13.6 Å². The summed E-state index contributed by atoms with van der Waals surface area (Å²) in [7, 11) is 1.65. The van der Waals surface area contributed by atoms with E-state index >= 15 is 0 Å². The lowest BCUT2D eigenvalue weighted by atomic mass is 9.98. The van der Waals surface area contributed by atoms with Crippen LogP contribution >= 0.6 is 0 Å². The molecule has 0 aliphatic heterocycles. The van der Waals surface area contributed by atoms with E-state index in [1.165, 1.54) is 0 Å². The Labute approximate surface area is 90.0 Å². The van der Waals surface area contributed by atoms with Crippen LogP contribution in [0.15, 0.2) is 0 Å². The van der Waals surface area contributed by atoms with Crippen molar-refractivity contribution in [2.45, 2.75) is 27.7 Å². The van der Waals surface area contributed by atoms with Gasteiger partial charge in [-0.25, -0.2) is 0 Å². The van der Waals surface area contributed by atoms with E-state index in [9.17, 15) is 4.79 Å². The second kappa shape index (κ2) is 4.34. The van der Waals surface area contributed by atoms with Crippen LogP contribution in [0.25, 0.3) is 0 Å². The van der Waals surface area contributed by atoms with Gasteiger partial charge in [-0.05, 0) is 49.9 Å². The third-order valence-corrected chi connectivity index (χ3v) is 2.86. The van der Waals surface area contributed by atoms with Crippen LogP contribution in [0, 0.1) is 27.7 Å². The summed E-state index contributed by atoms with van der Waals surface area (Å²) in [6, 6.07) is 0. The topological polar surface area (TPSA) is 35.5 Å². The first-order chi connectivity index (χ1) is 7.04. The lowest BCUT2D eigenvalue weighted by Gasteiger charge is -2.17. The van der Waals surface area contributed by atoms with Gasteiger partial charge in [0.2, 0.25) is 0 Å². The summed E-state index contributed by atoms with van der Waals surface area (Å²) in [5, 5.41) is 0. The molecule has 0 heterocycles. The summed E-state index contributed by atoms with van der Waals surface area (Å²) in [5.74, 6) is 1.50. The van der Waals surface area contributed by atoms with Crippen LogP contribution in [0.2, 0.25) is 0 Å². The number of rotatable bonds is 3. The van der Waals surface area contributed by atoms with Gasteiger partial charge in [-0.1, -0.05) is 0 Å². The second-order valence-corrected chi connectivity index (χ2v) is 3.58. The fourth-order valence-electron chi connectivity index (χ4n) is 1.77. The Morgan fingerprint density at radius 2 is 1.27 bits per heavy atom. The van der Waals surface area contributed by atoms with Crippen LogP contribution in [-0.2, 0) is 4.79 Å². The van der Waals surface area contributed by atoms with E-state index in [0.29, 0.717) is 12.2 Å². The van der Waals surface area contributed by atoms with E-state index in [2.05, 4.69) is 0 Å². The summed E-state index contributed by atoms with van der Waals surface area (Å²) in [4.78, 5) is 10.4. The zero-order valence-corrected chi connectivity index (χ0v) is 9.80. The molecule has 82 valence electrons. The average Bonchev–Trinajstić information content (AvgIpc) is 2.23. The third kappa shape index (κ3) is 1.82. The van der Waals surface area contributed by atoms with Crippen LogP contribution in [0.1, 0.15) is 22.3 Å². The SMILES string of the molecule is COc1c(C)c(C)c(OC=O)c(C)c1C. The van der Waals surface area contributed by atoms with Crippen molar-refractivity contribution < 1.29 is 14.3 Å². The van der Waals surface area contributed by atoms with Gasteiger partial charge in [0.15, 0.2) is 0 Å². The molecule has 0 unspecified atom stereocenters. The molecule has 0 N–H and O–H groups in total. The van der Waals surface area contributed by atoms with Crippen molar-refractivity contribution in [3.63, 3.8) is 0 Å². The van der Waals surface area contributed by atoms with Crippen molar-refractivity contribution >= 4 is 6.47 Å². The molecule has 0 radical (unpaired) electrons. The van der Waals surface area contributed by atoms with Crippen molar-refractivity contribution in [1.29, 1.82) is 0 Å². The number of benzene rings is 1. The average molecular weight is 208 g/mol. The van der Waals surface area contributed by atoms with Gasteiger partial charge in [-0.3, -0.25) is 4.79 Å². The zero-order chi connectivity index (χ0) is 11.6. The number of ether oxygens (including phenoxy) is 2. The van der Waals surface area contributed by atoms with E-state index in [1.807, 2.05) is 27.7 Å². The Kier molecular flexibility index (Phi) is 3.35. The quantitative estimate of drug-likeness (QED) is 0.716. The maximum absolute atomic E-state index is 10.4. The molecule has 0 bridgehead atoms. The Morgan fingerprint density at radius 3 is 1.60 bits per heavy atom. The van der Waals surface area contributed by atoms with Gasteiger partial charge >= 0.3 is 0 Å². The summed E-state index contributed by atoms with van der Waals surface area (Å²) < 4.78 is 10.3.